The Labute approximate surface area is 92.8 Å². The number of nitrogens with one attached hydrogen (secondary N) is 1. The van der Waals surface area contributed by atoms with Crippen molar-refractivity contribution in [1.82, 2.24) is 5.32 Å². The molecule has 1 saturated carbocycles. The lowest BCUT2D eigenvalue weighted by atomic mass is 9.73. The van der Waals surface area contributed by atoms with E-state index in [4.69, 9.17) is 0 Å². The lowest BCUT2D eigenvalue weighted by Gasteiger charge is -2.33. The Hall–Kier alpha value is -0.530. The molecule has 1 N–H and O–H groups in total. The zero-order chi connectivity index (χ0) is 10.8. The first-order valence-electron chi connectivity index (χ1n) is 6.50. The predicted octanol–water partition coefficient (Wildman–Crippen LogP) is 2.73. The molecule has 0 spiro atoms. The van der Waals surface area contributed by atoms with Crippen LogP contribution in [0, 0.1) is 17.8 Å². The van der Waals surface area contributed by atoms with Crippen LogP contribution in [0.2, 0.25) is 0 Å². The maximum atomic E-state index is 11.4. The molecule has 1 aliphatic heterocycles. The molecule has 15 heavy (non-hydrogen) atoms. The van der Waals surface area contributed by atoms with Gasteiger partial charge in [0.15, 0.2) is 0 Å². The van der Waals surface area contributed by atoms with Gasteiger partial charge in [-0.3, -0.25) is 4.79 Å². The fourth-order valence-corrected chi connectivity index (χ4v) is 3.50. The first kappa shape index (κ1) is 11.0. The SMILES string of the molecule is CCC1NC(=O)CC1C1CCCC(C)C1. The molecule has 4 atom stereocenters. The number of hydrogen-bond acceptors (Lipinski definition) is 1. The summed E-state index contributed by atoms with van der Waals surface area (Å²) in [5.41, 5.74) is 0. The molecule has 1 aliphatic carbocycles. The van der Waals surface area contributed by atoms with E-state index in [0.29, 0.717) is 12.0 Å². The summed E-state index contributed by atoms with van der Waals surface area (Å²) < 4.78 is 0. The number of carbonyl (C=O) groups is 1. The molecule has 4 unspecified atom stereocenters. The van der Waals surface area contributed by atoms with Crippen LogP contribution in [0.3, 0.4) is 0 Å². The van der Waals surface area contributed by atoms with Crippen molar-refractivity contribution in [3.8, 4) is 0 Å². The molecule has 0 aromatic carbocycles. The van der Waals surface area contributed by atoms with Gasteiger partial charge in [-0.1, -0.05) is 33.1 Å². The highest BCUT2D eigenvalue weighted by atomic mass is 16.2. The predicted molar refractivity (Wildman–Crippen MR) is 61.5 cm³/mol. The largest absolute Gasteiger partial charge is 0.353 e. The molecule has 2 nitrogen and oxygen atoms in total. The van der Waals surface area contributed by atoms with Crippen molar-refractivity contribution in [2.45, 2.75) is 58.4 Å². The smallest absolute Gasteiger partial charge is 0.220 e. The monoisotopic (exact) mass is 209 g/mol. The van der Waals surface area contributed by atoms with Crippen molar-refractivity contribution >= 4 is 5.91 Å². The van der Waals surface area contributed by atoms with Gasteiger partial charge in [0.2, 0.25) is 5.91 Å². The Morgan fingerprint density at radius 3 is 2.87 bits per heavy atom. The van der Waals surface area contributed by atoms with Crippen LogP contribution in [0.4, 0.5) is 0 Å². The van der Waals surface area contributed by atoms with Gasteiger partial charge in [-0.2, -0.15) is 0 Å². The first-order valence-corrected chi connectivity index (χ1v) is 6.50. The van der Waals surface area contributed by atoms with Gasteiger partial charge in [0, 0.05) is 12.5 Å². The van der Waals surface area contributed by atoms with E-state index in [1.165, 1.54) is 25.7 Å². The second kappa shape index (κ2) is 4.54. The minimum Gasteiger partial charge on any atom is -0.353 e. The quantitative estimate of drug-likeness (QED) is 0.744. The van der Waals surface area contributed by atoms with E-state index in [-0.39, 0.29) is 5.91 Å². The van der Waals surface area contributed by atoms with Gasteiger partial charge in [-0.05, 0) is 30.6 Å². The zero-order valence-corrected chi connectivity index (χ0v) is 9.96. The summed E-state index contributed by atoms with van der Waals surface area (Å²) >= 11 is 0. The van der Waals surface area contributed by atoms with Gasteiger partial charge >= 0.3 is 0 Å². The van der Waals surface area contributed by atoms with Crippen molar-refractivity contribution in [3.63, 3.8) is 0 Å². The summed E-state index contributed by atoms with van der Waals surface area (Å²) in [4.78, 5) is 11.4. The molecule has 2 fully saturated rings. The summed E-state index contributed by atoms with van der Waals surface area (Å²) in [5, 5.41) is 3.13. The van der Waals surface area contributed by atoms with Gasteiger partial charge in [0.25, 0.3) is 0 Å². The van der Waals surface area contributed by atoms with Gasteiger partial charge in [-0.15, -0.1) is 0 Å². The minimum absolute atomic E-state index is 0.282. The van der Waals surface area contributed by atoms with Crippen LogP contribution in [0.5, 0.6) is 0 Å². The molecule has 2 heteroatoms. The van der Waals surface area contributed by atoms with Crippen LogP contribution in [-0.2, 0) is 4.79 Å². The summed E-state index contributed by atoms with van der Waals surface area (Å²) in [6, 6.07) is 0.466. The molecule has 1 saturated heterocycles. The Bertz CT molecular complexity index is 239. The fourth-order valence-electron chi connectivity index (χ4n) is 3.50. The third kappa shape index (κ3) is 2.35. The van der Waals surface area contributed by atoms with Crippen molar-refractivity contribution in [3.05, 3.63) is 0 Å². The van der Waals surface area contributed by atoms with Crippen LogP contribution in [-0.4, -0.2) is 11.9 Å². The summed E-state index contributed by atoms with van der Waals surface area (Å²) in [6.07, 6.45) is 7.34. The molecular formula is C13H23NO. The standard InChI is InChI=1S/C13H23NO/c1-3-12-11(8-13(15)14-12)10-6-4-5-9(2)7-10/h9-12H,3-8H2,1-2H3,(H,14,15). The second-order valence-corrected chi connectivity index (χ2v) is 5.48. The molecule has 0 aromatic rings. The van der Waals surface area contributed by atoms with Crippen LogP contribution in [0.25, 0.3) is 0 Å². The lowest BCUT2D eigenvalue weighted by molar-refractivity contribution is -0.119. The number of amides is 1. The Morgan fingerprint density at radius 1 is 1.40 bits per heavy atom. The van der Waals surface area contributed by atoms with Crippen LogP contribution >= 0.6 is 0 Å². The Balaban J connectivity index is 1.99. The molecule has 1 amide bonds. The van der Waals surface area contributed by atoms with Gasteiger partial charge < -0.3 is 5.32 Å². The maximum absolute atomic E-state index is 11.4. The number of carbonyl (C=O) groups excluding carboxylic acids is 1. The lowest BCUT2D eigenvalue weighted by Crippen LogP contribution is -2.33. The normalized spacial score (nSPS) is 41.6. The Morgan fingerprint density at radius 2 is 2.20 bits per heavy atom. The number of rotatable bonds is 2. The topological polar surface area (TPSA) is 29.1 Å². The number of hydrogen-bond donors (Lipinski definition) is 1. The van der Waals surface area contributed by atoms with Crippen molar-refractivity contribution in [2.24, 2.45) is 17.8 Å². The van der Waals surface area contributed by atoms with E-state index in [9.17, 15) is 4.79 Å². The van der Waals surface area contributed by atoms with Crippen molar-refractivity contribution in [1.29, 1.82) is 0 Å². The third-order valence-corrected chi connectivity index (χ3v) is 4.31. The average molecular weight is 209 g/mol. The highest BCUT2D eigenvalue weighted by Crippen LogP contribution is 2.38. The zero-order valence-electron chi connectivity index (χ0n) is 9.96. The van der Waals surface area contributed by atoms with Gasteiger partial charge in [0.1, 0.15) is 0 Å². The molecule has 86 valence electrons. The summed E-state index contributed by atoms with van der Waals surface area (Å²) in [6.45, 7) is 4.55. The van der Waals surface area contributed by atoms with E-state index in [2.05, 4.69) is 19.2 Å². The summed E-state index contributed by atoms with van der Waals surface area (Å²) in [5.74, 6) is 2.59. The highest BCUT2D eigenvalue weighted by molar-refractivity contribution is 5.79. The average Bonchev–Trinajstić information content (AvgIpc) is 2.59. The van der Waals surface area contributed by atoms with Crippen molar-refractivity contribution in [2.75, 3.05) is 0 Å². The molecule has 0 radical (unpaired) electrons. The van der Waals surface area contributed by atoms with Gasteiger partial charge in [-0.25, -0.2) is 0 Å². The van der Waals surface area contributed by atoms with E-state index in [0.717, 1.165) is 24.7 Å². The second-order valence-electron chi connectivity index (χ2n) is 5.48. The molecule has 1 heterocycles. The molecule has 2 rings (SSSR count). The minimum atomic E-state index is 0.282. The van der Waals surface area contributed by atoms with E-state index >= 15 is 0 Å². The summed E-state index contributed by atoms with van der Waals surface area (Å²) in [7, 11) is 0. The van der Waals surface area contributed by atoms with Crippen LogP contribution < -0.4 is 5.32 Å². The Kier molecular flexibility index (Phi) is 3.32. The first-order chi connectivity index (χ1) is 7.20. The third-order valence-electron chi connectivity index (χ3n) is 4.31. The van der Waals surface area contributed by atoms with Crippen LogP contribution in [0.1, 0.15) is 52.4 Å². The van der Waals surface area contributed by atoms with Crippen molar-refractivity contribution < 1.29 is 4.79 Å². The molecule has 2 aliphatic rings. The van der Waals surface area contributed by atoms with E-state index < -0.39 is 0 Å². The fraction of sp³-hybridized carbons (Fsp3) is 0.923. The van der Waals surface area contributed by atoms with Gasteiger partial charge in [0.05, 0.1) is 0 Å². The molecule has 0 bridgehead atoms. The highest BCUT2D eigenvalue weighted by Gasteiger charge is 2.37. The van der Waals surface area contributed by atoms with E-state index in [1.807, 2.05) is 0 Å². The van der Waals surface area contributed by atoms with Crippen LogP contribution in [0.15, 0.2) is 0 Å². The van der Waals surface area contributed by atoms with E-state index in [1.54, 1.807) is 0 Å². The molecular weight excluding hydrogens is 186 g/mol. The molecule has 0 aromatic heterocycles. The maximum Gasteiger partial charge on any atom is 0.220 e.